The molecule has 2 aromatic rings. The quantitative estimate of drug-likeness (QED) is 0.653. The maximum absolute atomic E-state index is 12.6. The van der Waals surface area contributed by atoms with Crippen molar-refractivity contribution in [3.63, 3.8) is 0 Å². The van der Waals surface area contributed by atoms with Crippen LogP contribution in [0.25, 0.3) is 0 Å². The van der Waals surface area contributed by atoms with Gasteiger partial charge < -0.3 is 10.2 Å². The molecular weight excluding hydrogens is 276 g/mol. The molecule has 0 aliphatic heterocycles. The SMILES string of the molecule is CC(C(=O)c1ccccc1)c1cc(C(C)(C)C)cc(O)c1O. The van der Waals surface area contributed by atoms with Gasteiger partial charge in [-0.1, -0.05) is 64.1 Å². The number of hydrogen-bond donors (Lipinski definition) is 2. The Bertz CT molecular complexity index is 682. The summed E-state index contributed by atoms with van der Waals surface area (Å²) in [6, 6.07) is 12.3. The number of hydrogen-bond acceptors (Lipinski definition) is 3. The molecule has 2 aromatic carbocycles. The highest BCUT2D eigenvalue weighted by atomic mass is 16.3. The second-order valence-corrected chi connectivity index (χ2v) is 6.64. The number of benzene rings is 2. The van der Waals surface area contributed by atoms with Crippen molar-refractivity contribution in [1.29, 1.82) is 0 Å². The number of carbonyl (C=O) groups excluding carboxylic acids is 1. The first-order valence-corrected chi connectivity index (χ1v) is 7.37. The molecule has 0 saturated heterocycles. The van der Waals surface area contributed by atoms with Crippen LogP contribution in [0.3, 0.4) is 0 Å². The fraction of sp³-hybridized carbons (Fsp3) is 0.316. The summed E-state index contributed by atoms with van der Waals surface area (Å²) < 4.78 is 0. The van der Waals surface area contributed by atoms with Crippen molar-refractivity contribution < 1.29 is 15.0 Å². The Labute approximate surface area is 131 Å². The predicted molar refractivity (Wildman–Crippen MR) is 87.7 cm³/mol. The molecule has 3 nitrogen and oxygen atoms in total. The third-order valence-corrected chi connectivity index (χ3v) is 3.90. The van der Waals surface area contributed by atoms with Gasteiger partial charge in [0.1, 0.15) is 0 Å². The van der Waals surface area contributed by atoms with Crippen LogP contribution in [0.15, 0.2) is 42.5 Å². The molecule has 2 N–H and O–H groups in total. The number of carbonyl (C=O) groups is 1. The largest absolute Gasteiger partial charge is 0.504 e. The Balaban J connectivity index is 2.47. The van der Waals surface area contributed by atoms with Crippen molar-refractivity contribution in [3.8, 4) is 11.5 Å². The molecule has 0 bridgehead atoms. The molecule has 0 amide bonds. The summed E-state index contributed by atoms with van der Waals surface area (Å²) in [7, 11) is 0. The Morgan fingerprint density at radius 1 is 1.05 bits per heavy atom. The predicted octanol–water partition coefficient (Wildman–Crippen LogP) is 4.38. The number of aromatic hydroxyl groups is 2. The lowest BCUT2D eigenvalue weighted by atomic mass is 9.82. The number of phenols is 2. The van der Waals surface area contributed by atoms with Gasteiger partial charge in [-0.25, -0.2) is 0 Å². The minimum Gasteiger partial charge on any atom is -0.504 e. The number of phenolic OH excluding ortho intramolecular Hbond substituents is 2. The maximum atomic E-state index is 12.6. The molecule has 0 saturated carbocycles. The molecule has 1 atom stereocenters. The fourth-order valence-corrected chi connectivity index (χ4v) is 2.40. The lowest BCUT2D eigenvalue weighted by Gasteiger charge is -2.22. The standard InChI is InChI=1S/C19H22O3/c1-12(17(21)13-8-6-5-7-9-13)15-10-14(19(2,3)4)11-16(20)18(15)22/h5-12,20,22H,1-4H3. The van der Waals surface area contributed by atoms with E-state index in [0.29, 0.717) is 11.1 Å². The van der Waals surface area contributed by atoms with Gasteiger partial charge in [-0.05, 0) is 17.0 Å². The van der Waals surface area contributed by atoms with E-state index < -0.39 is 5.92 Å². The van der Waals surface area contributed by atoms with Gasteiger partial charge in [0.15, 0.2) is 17.3 Å². The highest BCUT2D eigenvalue weighted by molar-refractivity contribution is 6.01. The summed E-state index contributed by atoms with van der Waals surface area (Å²) >= 11 is 0. The highest BCUT2D eigenvalue weighted by Gasteiger charge is 2.25. The van der Waals surface area contributed by atoms with Crippen LogP contribution in [0.2, 0.25) is 0 Å². The number of rotatable bonds is 3. The summed E-state index contributed by atoms with van der Waals surface area (Å²) in [5.74, 6) is -1.02. The first-order valence-electron chi connectivity index (χ1n) is 7.37. The second-order valence-electron chi connectivity index (χ2n) is 6.64. The van der Waals surface area contributed by atoms with Crippen LogP contribution in [0.5, 0.6) is 11.5 Å². The van der Waals surface area contributed by atoms with Crippen LogP contribution in [0, 0.1) is 0 Å². The van der Waals surface area contributed by atoms with E-state index in [9.17, 15) is 15.0 Å². The lowest BCUT2D eigenvalue weighted by Crippen LogP contribution is -2.14. The maximum Gasteiger partial charge on any atom is 0.170 e. The van der Waals surface area contributed by atoms with Gasteiger partial charge >= 0.3 is 0 Å². The third kappa shape index (κ3) is 3.14. The van der Waals surface area contributed by atoms with Gasteiger partial charge in [-0.15, -0.1) is 0 Å². The van der Waals surface area contributed by atoms with E-state index in [1.54, 1.807) is 31.2 Å². The Kier molecular flexibility index (Phi) is 4.27. The summed E-state index contributed by atoms with van der Waals surface area (Å²) in [6.45, 7) is 7.81. The monoisotopic (exact) mass is 298 g/mol. The zero-order valence-corrected chi connectivity index (χ0v) is 13.4. The topological polar surface area (TPSA) is 57.5 Å². The van der Waals surface area contributed by atoms with Gasteiger partial charge in [0.05, 0.1) is 0 Å². The van der Waals surface area contributed by atoms with Gasteiger partial charge in [0.2, 0.25) is 0 Å². The molecule has 1 unspecified atom stereocenters. The molecule has 0 fully saturated rings. The summed E-state index contributed by atoms with van der Waals surface area (Å²) in [5, 5.41) is 20.1. The van der Waals surface area contributed by atoms with E-state index >= 15 is 0 Å². The number of Topliss-reactive ketones (excluding diaryl/α,β-unsaturated/α-hetero) is 1. The van der Waals surface area contributed by atoms with Crippen LogP contribution < -0.4 is 0 Å². The van der Waals surface area contributed by atoms with Gasteiger partial charge in [0, 0.05) is 17.0 Å². The van der Waals surface area contributed by atoms with Gasteiger partial charge in [0.25, 0.3) is 0 Å². The zero-order valence-electron chi connectivity index (χ0n) is 13.4. The van der Waals surface area contributed by atoms with Crippen LogP contribution >= 0.6 is 0 Å². The summed E-state index contributed by atoms with van der Waals surface area (Å²) in [5.41, 5.74) is 1.74. The van der Waals surface area contributed by atoms with Crippen LogP contribution in [0.4, 0.5) is 0 Å². The molecular formula is C19H22O3. The fourth-order valence-electron chi connectivity index (χ4n) is 2.40. The molecule has 0 radical (unpaired) electrons. The van der Waals surface area contributed by atoms with Crippen molar-refractivity contribution >= 4 is 5.78 Å². The Hall–Kier alpha value is -2.29. The van der Waals surface area contributed by atoms with Crippen molar-refractivity contribution in [2.45, 2.75) is 39.0 Å². The van der Waals surface area contributed by atoms with Crippen molar-refractivity contribution in [2.24, 2.45) is 0 Å². The smallest absolute Gasteiger partial charge is 0.170 e. The molecule has 116 valence electrons. The molecule has 0 aliphatic rings. The van der Waals surface area contributed by atoms with E-state index in [1.807, 2.05) is 39.0 Å². The Morgan fingerprint density at radius 3 is 2.18 bits per heavy atom. The van der Waals surface area contributed by atoms with Crippen molar-refractivity contribution in [1.82, 2.24) is 0 Å². The van der Waals surface area contributed by atoms with Gasteiger partial charge in [-0.3, -0.25) is 4.79 Å². The lowest BCUT2D eigenvalue weighted by molar-refractivity contribution is 0.0964. The van der Waals surface area contributed by atoms with E-state index in [0.717, 1.165) is 5.56 Å². The van der Waals surface area contributed by atoms with E-state index in [1.165, 1.54) is 0 Å². The minimum atomic E-state index is -0.532. The molecule has 0 aromatic heterocycles. The minimum absolute atomic E-state index is 0.0821. The van der Waals surface area contributed by atoms with Crippen LogP contribution in [-0.2, 0) is 5.41 Å². The normalized spacial score (nSPS) is 12.9. The molecule has 0 heterocycles. The molecule has 0 spiro atoms. The summed E-state index contributed by atoms with van der Waals surface area (Å²) in [6.07, 6.45) is 0. The number of ketones is 1. The van der Waals surface area contributed by atoms with Crippen LogP contribution in [0.1, 0.15) is 55.1 Å². The first kappa shape index (κ1) is 16.1. The molecule has 3 heteroatoms. The van der Waals surface area contributed by atoms with E-state index in [-0.39, 0.29) is 22.7 Å². The Morgan fingerprint density at radius 2 is 1.64 bits per heavy atom. The van der Waals surface area contributed by atoms with E-state index in [4.69, 9.17) is 0 Å². The zero-order chi connectivity index (χ0) is 16.5. The average Bonchev–Trinajstić information content (AvgIpc) is 2.48. The molecule has 0 aliphatic carbocycles. The molecule has 22 heavy (non-hydrogen) atoms. The molecule has 2 rings (SSSR count). The van der Waals surface area contributed by atoms with Crippen molar-refractivity contribution in [2.75, 3.05) is 0 Å². The van der Waals surface area contributed by atoms with Crippen LogP contribution in [-0.4, -0.2) is 16.0 Å². The van der Waals surface area contributed by atoms with Crippen molar-refractivity contribution in [3.05, 3.63) is 59.2 Å². The first-order chi connectivity index (χ1) is 10.2. The summed E-state index contributed by atoms with van der Waals surface area (Å²) in [4.78, 5) is 12.6. The van der Waals surface area contributed by atoms with E-state index in [2.05, 4.69) is 0 Å². The average molecular weight is 298 g/mol. The highest BCUT2D eigenvalue weighted by Crippen LogP contribution is 2.39. The van der Waals surface area contributed by atoms with Gasteiger partial charge in [-0.2, -0.15) is 0 Å². The third-order valence-electron chi connectivity index (χ3n) is 3.90. The second kappa shape index (κ2) is 5.84.